The Balaban J connectivity index is 1.40. The molecule has 1 aliphatic carbocycles. The fraction of sp³-hybridized carbons (Fsp3) is 0.524. The first-order valence-electron chi connectivity index (χ1n) is 10.1. The Morgan fingerprint density at radius 3 is 2.66 bits per heavy atom. The van der Waals surface area contributed by atoms with Crippen LogP contribution in [-0.2, 0) is 23.9 Å². The molecular weight excluding hydrogens is 374 g/mol. The van der Waals surface area contributed by atoms with Crippen molar-refractivity contribution in [3.05, 3.63) is 24.3 Å². The first-order valence-corrected chi connectivity index (χ1v) is 10.1. The number of likely N-dealkylation sites (tertiary alicyclic amines) is 1. The summed E-state index contributed by atoms with van der Waals surface area (Å²) in [6, 6.07) is 7.21. The second-order valence-corrected chi connectivity index (χ2v) is 7.95. The summed E-state index contributed by atoms with van der Waals surface area (Å²) in [7, 11) is 0. The number of para-hydroxylation sites is 2. The lowest BCUT2D eigenvalue weighted by Gasteiger charge is -2.31. The van der Waals surface area contributed by atoms with E-state index in [1.54, 1.807) is 29.2 Å². The molecule has 8 nitrogen and oxygen atoms in total. The molecule has 2 atom stereocenters. The third kappa shape index (κ3) is 3.83. The Bertz CT molecular complexity index is 848. The van der Waals surface area contributed by atoms with Gasteiger partial charge in [-0.3, -0.25) is 24.1 Å². The van der Waals surface area contributed by atoms with Gasteiger partial charge >= 0.3 is 5.97 Å². The molecule has 0 aromatic heterocycles. The van der Waals surface area contributed by atoms with Crippen molar-refractivity contribution < 1.29 is 23.9 Å². The fourth-order valence-corrected chi connectivity index (χ4v) is 4.43. The topological polar surface area (TPSA) is 96.0 Å². The van der Waals surface area contributed by atoms with Crippen LogP contribution in [0.25, 0.3) is 0 Å². The van der Waals surface area contributed by atoms with Crippen LogP contribution in [0.4, 0.5) is 11.4 Å². The van der Waals surface area contributed by atoms with E-state index in [2.05, 4.69) is 5.32 Å². The number of nitrogens with one attached hydrogen (secondary N) is 1. The zero-order valence-corrected chi connectivity index (χ0v) is 16.4. The molecule has 2 aliphatic heterocycles. The summed E-state index contributed by atoms with van der Waals surface area (Å²) >= 11 is 0. The first kappa shape index (κ1) is 19.4. The van der Waals surface area contributed by atoms with Crippen LogP contribution in [0.15, 0.2) is 24.3 Å². The number of anilines is 2. The van der Waals surface area contributed by atoms with E-state index in [9.17, 15) is 19.2 Å². The van der Waals surface area contributed by atoms with Gasteiger partial charge < -0.3 is 15.0 Å². The van der Waals surface area contributed by atoms with Crippen LogP contribution in [0.1, 0.15) is 39.0 Å². The monoisotopic (exact) mass is 399 g/mol. The number of carbonyl (C=O) groups is 4. The maximum atomic E-state index is 12.9. The number of carbonyl (C=O) groups excluding carboxylic acids is 4. The highest BCUT2D eigenvalue weighted by molar-refractivity contribution is 6.11. The molecule has 2 fully saturated rings. The van der Waals surface area contributed by atoms with Crippen LogP contribution >= 0.6 is 0 Å². The Morgan fingerprint density at radius 2 is 1.90 bits per heavy atom. The molecule has 154 valence electrons. The predicted molar refractivity (Wildman–Crippen MR) is 105 cm³/mol. The maximum absolute atomic E-state index is 12.9. The lowest BCUT2D eigenvalue weighted by Crippen LogP contribution is -2.47. The van der Waals surface area contributed by atoms with Gasteiger partial charge in [0.15, 0.2) is 6.10 Å². The molecule has 29 heavy (non-hydrogen) atoms. The number of hydrogen-bond acceptors (Lipinski definition) is 5. The van der Waals surface area contributed by atoms with E-state index in [1.807, 2.05) is 0 Å². The van der Waals surface area contributed by atoms with E-state index in [0.717, 1.165) is 25.7 Å². The van der Waals surface area contributed by atoms with Gasteiger partial charge in [-0.1, -0.05) is 25.0 Å². The SMILES string of the molecule is C[C@H](OC(=O)[C@@H]1CC(=O)N(C2CCCC2)C1)C(=O)N1CC(=O)Nc2ccccc21. The number of hydrogen-bond donors (Lipinski definition) is 1. The maximum Gasteiger partial charge on any atom is 0.312 e. The van der Waals surface area contributed by atoms with Gasteiger partial charge in [0.25, 0.3) is 5.91 Å². The minimum Gasteiger partial charge on any atom is -0.452 e. The third-order valence-electron chi connectivity index (χ3n) is 5.93. The van der Waals surface area contributed by atoms with E-state index in [-0.39, 0.29) is 30.8 Å². The average molecular weight is 399 g/mol. The van der Waals surface area contributed by atoms with E-state index >= 15 is 0 Å². The van der Waals surface area contributed by atoms with E-state index in [0.29, 0.717) is 17.9 Å². The van der Waals surface area contributed by atoms with Crippen molar-refractivity contribution >= 4 is 35.1 Å². The molecule has 1 aromatic rings. The van der Waals surface area contributed by atoms with Crippen LogP contribution < -0.4 is 10.2 Å². The second-order valence-electron chi connectivity index (χ2n) is 7.95. The average Bonchev–Trinajstić information content (AvgIpc) is 3.36. The minimum absolute atomic E-state index is 0.0144. The molecule has 8 heteroatoms. The van der Waals surface area contributed by atoms with E-state index in [1.165, 1.54) is 11.8 Å². The molecule has 3 aliphatic rings. The molecule has 3 amide bonds. The van der Waals surface area contributed by atoms with Crippen molar-refractivity contribution in [3.8, 4) is 0 Å². The quantitative estimate of drug-likeness (QED) is 0.778. The molecule has 0 bridgehead atoms. The summed E-state index contributed by atoms with van der Waals surface area (Å²) in [6.45, 7) is 1.73. The number of fused-ring (bicyclic) bond motifs is 1. The van der Waals surface area contributed by atoms with Crippen molar-refractivity contribution in [2.24, 2.45) is 5.92 Å². The minimum atomic E-state index is -1.04. The normalized spacial score (nSPS) is 23.0. The first-order chi connectivity index (χ1) is 13.9. The van der Waals surface area contributed by atoms with Crippen LogP contribution in [-0.4, -0.2) is 53.8 Å². The molecule has 1 N–H and O–H groups in total. The van der Waals surface area contributed by atoms with Gasteiger partial charge in [0.2, 0.25) is 11.8 Å². The number of amides is 3. The molecule has 1 aromatic carbocycles. The van der Waals surface area contributed by atoms with Gasteiger partial charge in [0.1, 0.15) is 6.54 Å². The van der Waals surface area contributed by atoms with Gasteiger partial charge in [-0.25, -0.2) is 0 Å². The van der Waals surface area contributed by atoms with Crippen molar-refractivity contribution in [3.63, 3.8) is 0 Å². The Hall–Kier alpha value is -2.90. The van der Waals surface area contributed by atoms with Crippen molar-refractivity contribution in [2.45, 2.75) is 51.2 Å². The standard InChI is InChI=1S/C21H25N3O5/c1-13(20(27)24-12-18(25)22-16-8-4-5-9-17(16)24)29-21(28)14-10-19(26)23(11-14)15-6-2-3-7-15/h4-5,8-9,13-15H,2-3,6-7,10-12H2,1H3,(H,22,25)/t13-,14+/m0/s1. The van der Waals surface area contributed by atoms with E-state index < -0.39 is 23.9 Å². The Kier molecular flexibility index (Phi) is 5.25. The highest BCUT2D eigenvalue weighted by Crippen LogP contribution is 2.31. The summed E-state index contributed by atoms with van der Waals surface area (Å²) in [4.78, 5) is 52.9. The molecule has 0 unspecified atom stereocenters. The van der Waals surface area contributed by atoms with Crippen LogP contribution in [0.3, 0.4) is 0 Å². The van der Waals surface area contributed by atoms with E-state index in [4.69, 9.17) is 4.74 Å². The fourth-order valence-electron chi connectivity index (χ4n) is 4.43. The Labute approximate surface area is 169 Å². The van der Waals surface area contributed by atoms with Crippen LogP contribution in [0.2, 0.25) is 0 Å². The van der Waals surface area contributed by atoms with Gasteiger partial charge in [0, 0.05) is 19.0 Å². The predicted octanol–water partition coefficient (Wildman–Crippen LogP) is 1.69. The number of nitrogens with zero attached hydrogens (tertiary/aromatic N) is 2. The molecule has 2 heterocycles. The number of rotatable bonds is 4. The summed E-state index contributed by atoms with van der Waals surface area (Å²) in [5.41, 5.74) is 1.12. The number of ether oxygens (including phenoxy) is 1. The molecule has 1 saturated carbocycles. The Morgan fingerprint density at radius 1 is 1.17 bits per heavy atom. The van der Waals surface area contributed by atoms with Crippen molar-refractivity contribution in [2.75, 3.05) is 23.3 Å². The molecule has 1 saturated heterocycles. The van der Waals surface area contributed by atoms with Gasteiger partial charge in [0.05, 0.1) is 17.3 Å². The summed E-state index contributed by atoms with van der Waals surface area (Å²) in [5.74, 6) is -1.86. The lowest BCUT2D eigenvalue weighted by molar-refractivity contribution is -0.157. The molecule has 4 rings (SSSR count). The summed E-state index contributed by atoms with van der Waals surface area (Å²) in [5, 5.41) is 2.72. The van der Waals surface area contributed by atoms with Gasteiger partial charge in [-0.05, 0) is 31.9 Å². The molecular formula is C21H25N3O5. The zero-order chi connectivity index (χ0) is 20.5. The highest BCUT2D eigenvalue weighted by Gasteiger charge is 2.41. The number of esters is 1. The smallest absolute Gasteiger partial charge is 0.312 e. The molecule has 0 spiro atoms. The van der Waals surface area contributed by atoms with Crippen LogP contribution in [0, 0.1) is 5.92 Å². The highest BCUT2D eigenvalue weighted by atomic mass is 16.5. The van der Waals surface area contributed by atoms with Crippen molar-refractivity contribution in [1.82, 2.24) is 4.90 Å². The van der Waals surface area contributed by atoms with Crippen LogP contribution in [0.5, 0.6) is 0 Å². The largest absolute Gasteiger partial charge is 0.452 e. The second kappa shape index (κ2) is 7.85. The van der Waals surface area contributed by atoms with Crippen molar-refractivity contribution in [1.29, 1.82) is 0 Å². The zero-order valence-electron chi connectivity index (χ0n) is 16.4. The summed E-state index contributed by atoms with van der Waals surface area (Å²) in [6.07, 6.45) is 3.28. The lowest BCUT2D eigenvalue weighted by atomic mass is 10.1. The van der Waals surface area contributed by atoms with Gasteiger partial charge in [-0.15, -0.1) is 0 Å². The third-order valence-corrected chi connectivity index (χ3v) is 5.93. The number of benzene rings is 1. The summed E-state index contributed by atoms with van der Waals surface area (Å²) < 4.78 is 5.42. The van der Waals surface area contributed by atoms with Gasteiger partial charge in [-0.2, -0.15) is 0 Å². The molecule has 0 radical (unpaired) electrons.